The number of benzene rings is 1. The summed E-state index contributed by atoms with van der Waals surface area (Å²) >= 11 is 1.45. The van der Waals surface area contributed by atoms with Gasteiger partial charge in [-0.15, -0.1) is 0 Å². The van der Waals surface area contributed by atoms with Crippen LogP contribution in [-0.2, 0) is 17.6 Å². The molecule has 0 unspecified atom stereocenters. The first kappa shape index (κ1) is 18.6. The first-order valence-electron chi connectivity index (χ1n) is 9.68. The number of hydrogen-bond acceptors (Lipinski definition) is 6. The van der Waals surface area contributed by atoms with Gasteiger partial charge in [-0.1, -0.05) is 25.1 Å². The van der Waals surface area contributed by atoms with Crippen molar-refractivity contribution in [3.8, 4) is 5.69 Å². The molecule has 1 aliphatic heterocycles. The number of rotatable bonds is 5. The average molecular weight is 397 g/mol. The highest BCUT2D eigenvalue weighted by Gasteiger charge is 2.22. The molecular formula is C20H24N6OS. The van der Waals surface area contributed by atoms with Gasteiger partial charge in [0.1, 0.15) is 5.82 Å². The van der Waals surface area contributed by atoms with Gasteiger partial charge in [-0.05, 0) is 24.6 Å². The Morgan fingerprint density at radius 3 is 2.75 bits per heavy atom. The smallest absolute Gasteiger partial charge is 0.228 e. The molecule has 0 N–H and O–H groups in total. The molecule has 0 saturated carbocycles. The van der Waals surface area contributed by atoms with E-state index in [1.165, 1.54) is 11.5 Å². The summed E-state index contributed by atoms with van der Waals surface area (Å²) in [5.41, 5.74) is 1.79. The second-order valence-corrected chi connectivity index (χ2v) is 7.56. The molecule has 1 saturated heterocycles. The normalized spacial score (nSPS) is 14.9. The standard InChI is InChI=1S/C20H24N6OS/c1-2-18-21-20(28-23-18)25-11-6-10-24(13-14-25)19(27)15-16-9-12-26(22-16)17-7-4-3-5-8-17/h3-5,7-9,12H,2,6,10-11,13-15H2,1H3. The predicted molar refractivity (Wildman–Crippen MR) is 110 cm³/mol. The van der Waals surface area contributed by atoms with Crippen molar-refractivity contribution in [2.75, 3.05) is 31.1 Å². The molecule has 1 fully saturated rings. The summed E-state index contributed by atoms with van der Waals surface area (Å²) in [7, 11) is 0. The highest BCUT2D eigenvalue weighted by Crippen LogP contribution is 2.19. The van der Waals surface area contributed by atoms with E-state index in [1.807, 2.05) is 52.2 Å². The molecule has 146 valence electrons. The van der Waals surface area contributed by atoms with E-state index in [0.29, 0.717) is 13.0 Å². The van der Waals surface area contributed by atoms with Crippen molar-refractivity contribution >= 4 is 22.6 Å². The first-order chi connectivity index (χ1) is 13.7. The third kappa shape index (κ3) is 4.22. The molecular weight excluding hydrogens is 372 g/mol. The van der Waals surface area contributed by atoms with Crippen molar-refractivity contribution in [2.45, 2.75) is 26.2 Å². The maximum Gasteiger partial charge on any atom is 0.228 e. The molecule has 0 bridgehead atoms. The largest absolute Gasteiger partial charge is 0.345 e. The van der Waals surface area contributed by atoms with E-state index in [0.717, 1.165) is 54.8 Å². The lowest BCUT2D eigenvalue weighted by Gasteiger charge is -2.21. The Kier molecular flexibility index (Phi) is 5.66. The monoisotopic (exact) mass is 396 g/mol. The van der Waals surface area contributed by atoms with Gasteiger partial charge in [-0.2, -0.15) is 9.47 Å². The van der Waals surface area contributed by atoms with Crippen molar-refractivity contribution in [2.24, 2.45) is 0 Å². The summed E-state index contributed by atoms with van der Waals surface area (Å²) in [6, 6.07) is 11.9. The quantitative estimate of drug-likeness (QED) is 0.663. The molecule has 1 aromatic carbocycles. The molecule has 1 aliphatic rings. The highest BCUT2D eigenvalue weighted by atomic mass is 32.1. The van der Waals surface area contributed by atoms with Gasteiger partial charge in [0.05, 0.1) is 17.8 Å². The number of nitrogens with zero attached hydrogens (tertiary/aromatic N) is 6. The lowest BCUT2D eigenvalue weighted by molar-refractivity contribution is -0.130. The van der Waals surface area contributed by atoms with Crippen LogP contribution >= 0.6 is 11.5 Å². The maximum atomic E-state index is 12.8. The molecule has 3 heterocycles. The number of hydrogen-bond donors (Lipinski definition) is 0. The van der Waals surface area contributed by atoms with Crippen molar-refractivity contribution in [3.63, 3.8) is 0 Å². The fourth-order valence-corrected chi connectivity index (χ4v) is 4.12. The third-order valence-electron chi connectivity index (χ3n) is 4.89. The van der Waals surface area contributed by atoms with Gasteiger partial charge in [0.25, 0.3) is 0 Å². The number of amides is 1. The number of carbonyl (C=O) groups is 1. The van der Waals surface area contributed by atoms with Crippen LogP contribution in [0.2, 0.25) is 0 Å². The number of para-hydroxylation sites is 1. The minimum atomic E-state index is 0.131. The zero-order chi connectivity index (χ0) is 19.3. The minimum Gasteiger partial charge on any atom is -0.345 e. The van der Waals surface area contributed by atoms with E-state index in [2.05, 4.69) is 26.3 Å². The average Bonchev–Trinajstić information content (AvgIpc) is 3.33. The van der Waals surface area contributed by atoms with Gasteiger partial charge >= 0.3 is 0 Å². The van der Waals surface area contributed by atoms with Gasteiger partial charge in [0.15, 0.2) is 0 Å². The second-order valence-electron chi connectivity index (χ2n) is 6.83. The van der Waals surface area contributed by atoms with Gasteiger partial charge < -0.3 is 9.80 Å². The zero-order valence-corrected chi connectivity index (χ0v) is 16.8. The van der Waals surface area contributed by atoms with E-state index < -0.39 is 0 Å². The van der Waals surface area contributed by atoms with Gasteiger partial charge in [0, 0.05) is 50.3 Å². The molecule has 7 nitrogen and oxygen atoms in total. The zero-order valence-electron chi connectivity index (χ0n) is 16.0. The van der Waals surface area contributed by atoms with Crippen LogP contribution in [0.4, 0.5) is 5.13 Å². The van der Waals surface area contributed by atoms with Gasteiger partial charge in [0.2, 0.25) is 11.0 Å². The number of anilines is 1. The topological polar surface area (TPSA) is 67.2 Å². The van der Waals surface area contributed by atoms with Crippen LogP contribution in [0.5, 0.6) is 0 Å². The van der Waals surface area contributed by atoms with Crippen LogP contribution in [0.1, 0.15) is 24.9 Å². The van der Waals surface area contributed by atoms with E-state index in [9.17, 15) is 4.79 Å². The molecule has 4 rings (SSSR count). The summed E-state index contributed by atoms with van der Waals surface area (Å²) < 4.78 is 6.19. The Morgan fingerprint density at radius 2 is 1.96 bits per heavy atom. The van der Waals surface area contributed by atoms with Crippen molar-refractivity contribution in [1.82, 2.24) is 24.0 Å². The molecule has 0 spiro atoms. The number of carbonyl (C=O) groups excluding carboxylic acids is 1. The number of aryl methyl sites for hydroxylation is 1. The van der Waals surface area contributed by atoms with Crippen LogP contribution in [0.15, 0.2) is 42.6 Å². The van der Waals surface area contributed by atoms with Crippen molar-refractivity contribution in [1.29, 1.82) is 0 Å². The summed E-state index contributed by atoms with van der Waals surface area (Å²) in [6.45, 7) is 5.24. The first-order valence-corrected chi connectivity index (χ1v) is 10.5. The molecule has 0 atom stereocenters. The van der Waals surface area contributed by atoms with E-state index in [4.69, 9.17) is 0 Å². The van der Waals surface area contributed by atoms with Crippen LogP contribution in [0.3, 0.4) is 0 Å². The Bertz CT molecular complexity index is 922. The Morgan fingerprint density at radius 1 is 1.11 bits per heavy atom. The summed E-state index contributed by atoms with van der Waals surface area (Å²) in [4.78, 5) is 21.6. The molecule has 8 heteroatoms. The van der Waals surface area contributed by atoms with Crippen molar-refractivity contribution in [3.05, 3.63) is 54.1 Å². The van der Waals surface area contributed by atoms with E-state index >= 15 is 0 Å². The fourth-order valence-electron chi connectivity index (χ4n) is 3.32. The molecule has 1 amide bonds. The Balaban J connectivity index is 1.36. The van der Waals surface area contributed by atoms with Crippen LogP contribution in [0, 0.1) is 0 Å². The minimum absolute atomic E-state index is 0.131. The molecule has 28 heavy (non-hydrogen) atoms. The second kappa shape index (κ2) is 8.52. The van der Waals surface area contributed by atoms with E-state index in [1.54, 1.807) is 0 Å². The van der Waals surface area contributed by atoms with Crippen LogP contribution in [-0.4, -0.2) is 56.1 Å². The van der Waals surface area contributed by atoms with Crippen LogP contribution < -0.4 is 4.90 Å². The lowest BCUT2D eigenvalue weighted by Crippen LogP contribution is -2.36. The van der Waals surface area contributed by atoms with E-state index in [-0.39, 0.29) is 5.91 Å². The number of aromatic nitrogens is 4. The summed E-state index contributed by atoms with van der Waals surface area (Å²) in [6.07, 6.45) is 4.03. The lowest BCUT2D eigenvalue weighted by atomic mass is 10.2. The summed E-state index contributed by atoms with van der Waals surface area (Å²) in [5.74, 6) is 1.03. The third-order valence-corrected chi connectivity index (χ3v) is 5.70. The highest BCUT2D eigenvalue weighted by molar-refractivity contribution is 7.09. The molecule has 0 radical (unpaired) electrons. The fraction of sp³-hybridized carbons (Fsp3) is 0.400. The molecule has 0 aliphatic carbocycles. The van der Waals surface area contributed by atoms with Gasteiger partial charge in [-0.3, -0.25) is 4.79 Å². The van der Waals surface area contributed by atoms with Crippen LogP contribution in [0.25, 0.3) is 5.69 Å². The van der Waals surface area contributed by atoms with Gasteiger partial charge in [-0.25, -0.2) is 9.67 Å². The maximum absolute atomic E-state index is 12.8. The Labute approximate surface area is 168 Å². The molecule has 2 aromatic heterocycles. The SMILES string of the molecule is CCc1nsc(N2CCCN(C(=O)Cc3ccn(-c4ccccc4)n3)CC2)n1. The predicted octanol–water partition coefficient (Wildman–Crippen LogP) is 2.57. The summed E-state index contributed by atoms with van der Waals surface area (Å²) in [5, 5.41) is 5.52. The molecule has 3 aromatic rings. The van der Waals surface area contributed by atoms with Crippen molar-refractivity contribution < 1.29 is 4.79 Å². The Hall–Kier alpha value is -2.74.